The van der Waals surface area contributed by atoms with Gasteiger partial charge < -0.3 is 0 Å². The minimum absolute atomic E-state index is 4.89. The van der Waals surface area contributed by atoms with Gasteiger partial charge in [0.1, 0.15) is 0 Å². The fraction of sp³-hybridized carbons (Fsp3) is 0. The Kier molecular flexibility index (Phi) is 0.540. The van der Waals surface area contributed by atoms with Crippen molar-refractivity contribution in [3.63, 3.8) is 0 Å². The first kappa shape index (κ1) is 9.17. The van der Waals surface area contributed by atoms with Crippen molar-refractivity contribution in [3.05, 3.63) is 0 Å². The quantitative estimate of drug-likeness (QED) is 0.172. The van der Waals surface area contributed by atoms with Crippen LogP contribution in [0.2, 0.25) is 0 Å². The van der Waals surface area contributed by atoms with Gasteiger partial charge >= 0.3 is 48.5 Å². The van der Waals surface area contributed by atoms with Crippen molar-refractivity contribution < 1.29 is 9.98 Å². The number of hydrogen-bond donors (Lipinski definition) is 8. The van der Waals surface area contributed by atoms with E-state index in [0.717, 1.165) is 0 Å². The average molecular weight is 187 g/mol. The van der Waals surface area contributed by atoms with Crippen molar-refractivity contribution in [2.45, 2.75) is 0 Å². The van der Waals surface area contributed by atoms with Crippen LogP contribution >= 0.6 is 0 Å². The summed E-state index contributed by atoms with van der Waals surface area (Å²) in [7, 11) is -6.69. The summed E-state index contributed by atoms with van der Waals surface area (Å²) in [5.74, 6) is 0. The summed E-state index contributed by atoms with van der Waals surface area (Å²) in [6, 6.07) is 0. The molecule has 0 atom stereocenters. The molecule has 0 aliphatic rings. The SMILES string of the molecule is [NH2][Ni]([NH2])([NH2])([NH2])([NH2])([NH2])([NH2])[NH2]. The molecule has 0 spiro atoms. The average Bonchev–Trinajstić information content (AvgIpc) is 0.503. The molecule has 0 bridgehead atoms. The third kappa shape index (κ3) is 10300. The van der Waals surface area contributed by atoms with Crippen LogP contribution in [0, 0.1) is 0 Å². The Bertz CT molecular complexity index is 139. The molecule has 0 aromatic carbocycles. The van der Waals surface area contributed by atoms with Crippen LogP contribution < -0.4 is 38.5 Å². The summed E-state index contributed by atoms with van der Waals surface area (Å²) >= 11 is 0. The Morgan fingerprint density at radius 3 is 0.444 bits per heavy atom. The molecule has 0 heterocycles. The third-order valence-corrected chi connectivity index (χ3v) is 0. The second-order valence-corrected chi connectivity index (χ2v) is 12.2. The van der Waals surface area contributed by atoms with Gasteiger partial charge in [-0.1, -0.05) is 0 Å². The molecule has 0 aromatic rings. The van der Waals surface area contributed by atoms with Gasteiger partial charge in [-0.3, -0.25) is 0 Å². The van der Waals surface area contributed by atoms with E-state index in [1.54, 1.807) is 0 Å². The predicted octanol–water partition coefficient (Wildman–Crippen LogP) is -4.73. The monoisotopic (exact) mass is 186 g/mol. The van der Waals surface area contributed by atoms with Gasteiger partial charge in [-0.2, -0.15) is 0 Å². The van der Waals surface area contributed by atoms with Gasteiger partial charge in [0.05, 0.1) is 0 Å². The van der Waals surface area contributed by atoms with Gasteiger partial charge in [0.25, 0.3) is 0 Å². The van der Waals surface area contributed by atoms with Gasteiger partial charge in [-0.15, -0.1) is 0 Å². The maximum atomic E-state index is 4.89. The summed E-state index contributed by atoms with van der Waals surface area (Å²) in [5, 5.41) is 0. The van der Waals surface area contributed by atoms with Gasteiger partial charge in [0.2, 0.25) is 0 Å². The fourth-order valence-corrected chi connectivity index (χ4v) is 0. The molecule has 0 aromatic heterocycles. The molecule has 0 fully saturated rings. The Hall–Kier alpha value is 0.174. The minimum atomic E-state index is -6.69. The van der Waals surface area contributed by atoms with Gasteiger partial charge in [-0.25, -0.2) is 0 Å². The second-order valence-electron chi connectivity index (χ2n) is 2.95. The van der Waals surface area contributed by atoms with Crippen LogP contribution in [0.1, 0.15) is 0 Å². The number of rotatable bonds is 0. The van der Waals surface area contributed by atoms with E-state index in [2.05, 4.69) is 0 Å². The van der Waals surface area contributed by atoms with E-state index in [1.807, 2.05) is 0 Å². The topological polar surface area (TPSA) is 208 Å². The van der Waals surface area contributed by atoms with Crippen molar-refractivity contribution in [1.29, 1.82) is 0 Å². The molecule has 0 aliphatic carbocycles. The Morgan fingerprint density at radius 1 is 0.444 bits per heavy atom. The van der Waals surface area contributed by atoms with Gasteiger partial charge in [0.15, 0.2) is 0 Å². The molecule has 9 heavy (non-hydrogen) atoms. The van der Waals surface area contributed by atoms with Gasteiger partial charge in [0, 0.05) is 0 Å². The van der Waals surface area contributed by atoms with Crippen molar-refractivity contribution in [2.24, 2.45) is 38.5 Å². The summed E-state index contributed by atoms with van der Waals surface area (Å²) in [5.41, 5.74) is 0. The molecule has 9 heteroatoms. The molecule has 0 rings (SSSR count). The van der Waals surface area contributed by atoms with E-state index < -0.39 is 9.98 Å². The molecule has 0 radical (unpaired) electrons. The van der Waals surface area contributed by atoms with Crippen LogP contribution in [0.4, 0.5) is 0 Å². The standard InChI is InChI=1S/8H2N.Ni/h8*1H2;/q8*-1;+8. The van der Waals surface area contributed by atoms with Crippen molar-refractivity contribution in [3.8, 4) is 0 Å². The zero-order valence-electron chi connectivity index (χ0n) is 4.94. The molecule has 0 amide bonds. The van der Waals surface area contributed by atoms with Crippen LogP contribution in [-0.4, -0.2) is 0 Å². The first-order valence-electron chi connectivity index (χ1n) is 1.46. The van der Waals surface area contributed by atoms with Crippen LogP contribution in [0.15, 0.2) is 0 Å². The van der Waals surface area contributed by atoms with Crippen molar-refractivity contribution >= 4 is 0 Å². The first-order chi connectivity index (χ1) is 2.83. The van der Waals surface area contributed by atoms with Crippen LogP contribution in [0.5, 0.6) is 0 Å². The summed E-state index contributed by atoms with van der Waals surface area (Å²) in [6.45, 7) is 0. The van der Waals surface area contributed by atoms with Gasteiger partial charge in [-0.05, 0) is 0 Å². The zero-order valence-corrected chi connectivity index (χ0v) is 5.92. The Labute approximate surface area is 49.3 Å². The van der Waals surface area contributed by atoms with E-state index in [0.29, 0.717) is 0 Å². The van der Waals surface area contributed by atoms with E-state index >= 15 is 0 Å². The Balaban J connectivity index is 5.84. The molecule has 0 aliphatic heterocycles. The molecule has 8 nitrogen and oxygen atoms in total. The maximum absolute atomic E-state index is 6.69. The molecule has 66 valence electrons. The third-order valence-electron chi connectivity index (χ3n) is 0. The number of hydrogen-bond acceptors (Lipinski definition) is 8. The zero-order chi connectivity index (χ0) is 8.35. The molecule has 0 saturated heterocycles. The summed E-state index contributed by atoms with van der Waals surface area (Å²) < 4.78 is 0. The summed E-state index contributed by atoms with van der Waals surface area (Å²) in [6.07, 6.45) is 0. The first-order valence-corrected chi connectivity index (χ1v) is 6.02. The molecule has 16 N–H and O–H groups in total. The van der Waals surface area contributed by atoms with Crippen LogP contribution in [0.3, 0.4) is 0 Å². The molecular formula is H16N8Ni. The fourth-order valence-electron chi connectivity index (χ4n) is 0. The predicted molar refractivity (Wildman–Crippen MR) is 33.5 cm³/mol. The Morgan fingerprint density at radius 2 is 0.444 bits per heavy atom. The van der Waals surface area contributed by atoms with Crippen molar-refractivity contribution in [2.75, 3.05) is 0 Å². The summed E-state index contributed by atoms with van der Waals surface area (Å²) in [4.78, 5) is 39.1. The van der Waals surface area contributed by atoms with E-state index in [1.165, 1.54) is 0 Å². The van der Waals surface area contributed by atoms with E-state index in [4.69, 9.17) is 38.5 Å². The second kappa shape index (κ2) is 0.530. The van der Waals surface area contributed by atoms with Crippen LogP contribution in [0.25, 0.3) is 0 Å². The number of nitrogens with two attached hydrogens (primary N) is 8. The van der Waals surface area contributed by atoms with E-state index in [-0.39, 0.29) is 0 Å². The van der Waals surface area contributed by atoms with Crippen molar-refractivity contribution in [1.82, 2.24) is 0 Å². The molecule has 0 unspecified atom stereocenters. The molecular weight excluding hydrogens is 171 g/mol. The molecule has 0 saturated carbocycles. The van der Waals surface area contributed by atoms with Crippen LogP contribution in [-0.2, 0) is 9.98 Å². The van der Waals surface area contributed by atoms with E-state index in [9.17, 15) is 0 Å². The normalized spacial score (nSPS) is 31.1.